The fraction of sp³-hybridized carbons (Fsp3) is 0.345. The number of aryl methyl sites for hydroxylation is 1. The molecule has 42 heavy (non-hydrogen) atoms. The van der Waals surface area contributed by atoms with Gasteiger partial charge >= 0.3 is 6.18 Å². The van der Waals surface area contributed by atoms with Gasteiger partial charge in [-0.3, -0.25) is 9.78 Å². The van der Waals surface area contributed by atoms with Crippen LogP contribution in [0.4, 0.5) is 24.8 Å². The van der Waals surface area contributed by atoms with Gasteiger partial charge in [-0.1, -0.05) is 11.6 Å². The Morgan fingerprint density at radius 3 is 2.55 bits per heavy atom. The summed E-state index contributed by atoms with van der Waals surface area (Å²) in [6.45, 7) is 5.69. The van der Waals surface area contributed by atoms with Crippen molar-refractivity contribution >= 4 is 40.2 Å². The highest BCUT2D eigenvalue weighted by molar-refractivity contribution is 6.31. The van der Waals surface area contributed by atoms with E-state index in [0.29, 0.717) is 29.5 Å². The van der Waals surface area contributed by atoms with Gasteiger partial charge in [-0.2, -0.15) is 13.2 Å². The molecule has 0 radical (unpaired) electrons. The monoisotopic (exact) mass is 601 g/mol. The number of carbonyl (C=O) groups is 1. The van der Waals surface area contributed by atoms with E-state index in [1.54, 1.807) is 41.9 Å². The number of alkyl halides is 3. The second kappa shape index (κ2) is 12.6. The molecule has 1 saturated heterocycles. The van der Waals surface area contributed by atoms with Gasteiger partial charge in [0, 0.05) is 63.8 Å². The number of ether oxygens (including phenoxy) is 1. The summed E-state index contributed by atoms with van der Waals surface area (Å²) in [6.07, 6.45) is -2.21. The number of imidazole rings is 1. The van der Waals surface area contributed by atoms with E-state index in [9.17, 15) is 18.0 Å². The number of likely N-dealkylation sites (N-methyl/N-ethyl adjacent to an activating group) is 1. The lowest BCUT2D eigenvalue weighted by Gasteiger charge is -2.32. The van der Waals surface area contributed by atoms with E-state index in [4.69, 9.17) is 16.3 Å². The predicted octanol–water partition coefficient (Wildman–Crippen LogP) is 5.54. The number of anilines is 2. The molecule has 4 aromatic rings. The molecular weight excluding hydrogens is 571 g/mol. The van der Waals surface area contributed by atoms with Crippen molar-refractivity contribution in [3.8, 4) is 11.5 Å². The number of amides is 1. The van der Waals surface area contributed by atoms with Crippen LogP contribution < -0.4 is 15.4 Å². The number of pyridine rings is 1. The summed E-state index contributed by atoms with van der Waals surface area (Å²) < 4.78 is 47.5. The molecule has 1 amide bonds. The number of halogens is 4. The van der Waals surface area contributed by atoms with Gasteiger partial charge in [0.05, 0.1) is 21.6 Å². The summed E-state index contributed by atoms with van der Waals surface area (Å²) >= 11 is 5.74. The number of benzene rings is 2. The number of aromatic nitrogens is 3. The van der Waals surface area contributed by atoms with Crippen LogP contribution >= 0.6 is 11.6 Å². The second-order valence-corrected chi connectivity index (χ2v) is 10.6. The smallest absolute Gasteiger partial charge is 0.417 e. The summed E-state index contributed by atoms with van der Waals surface area (Å²) in [5, 5.41) is 5.47. The minimum atomic E-state index is -4.58. The summed E-state index contributed by atoms with van der Waals surface area (Å²) in [5.74, 6) is 0.975. The maximum atomic E-state index is 13.3. The van der Waals surface area contributed by atoms with Gasteiger partial charge in [0.25, 0.3) is 5.91 Å². The molecule has 2 aromatic carbocycles. The van der Waals surface area contributed by atoms with E-state index in [1.165, 1.54) is 18.3 Å². The first-order valence-electron chi connectivity index (χ1n) is 13.5. The summed E-state index contributed by atoms with van der Waals surface area (Å²) in [6, 6.07) is 12.1. The lowest BCUT2D eigenvalue weighted by Crippen LogP contribution is -2.45. The standard InChI is InChI=1S/C29H31ClF3N7O2/c1-38-12-14-40(15-13-38)11-3-9-35-27(41)25-18-21(8-10-34-25)42-20-5-7-26-24(17-20)37-28(39(26)2)36-19-4-6-23(30)22(16-19)29(31,32)33/h4-8,10,16-18H,3,9,11-15H2,1-2H3,(H,35,41)(H,36,37). The number of carbonyl (C=O) groups excluding carboxylic acids is 1. The van der Waals surface area contributed by atoms with E-state index in [-0.39, 0.29) is 22.3 Å². The Morgan fingerprint density at radius 1 is 1.02 bits per heavy atom. The first-order chi connectivity index (χ1) is 20.1. The number of fused-ring (bicyclic) bond motifs is 1. The highest BCUT2D eigenvalue weighted by Crippen LogP contribution is 2.37. The van der Waals surface area contributed by atoms with Gasteiger partial charge in [0.2, 0.25) is 5.95 Å². The maximum Gasteiger partial charge on any atom is 0.417 e. The number of hydrogen-bond acceptors (Lipinski definition) is 7. The molecule has 0 unspecified atom stereocenters. The van der Waals surface area contributed by atoms with E-state index in [0.717, 1.165) is 50.7 Å². The van der Waals surface area contributed by atoms with Crippen LogP contribution in [0.3, 0.4) is 0 Å². The Hall–Kier alpha value is -3.87. The van der Waals surface area contributed by atoms with Crippen molar-refractivity contribution < 1.29 is 22.7 Å². The number of piperazine rings is 1. The quantitative estimate of drug-likeness (QED) is 0.244. The van der Waals surface area contributed by atoms with Gasteiger partial charge < -0.3 is 29.7 Å². The van der Waals surface area contributed by atoms with Gasteiger partial charge in [0.15, 0.2) is 0 Å². The maximum absolute atomic E-state index is 13.3. The second-order valence-electron chi connectivity index (χ2n) is 10.2. The Morgan fingerprint density at radius 2 is 1.79 bits per heavy atom. The molecule has 0 spiro atoms. The van der Waals surface area contributed by atoms with Crippen molar-refractivity contribution in [2.24, 2.45) is 7.05 Å². The fourth-order valence-electron chi connectivity index (χ4n) is 4.71. The highest BCUT2D eigenvalue weighted by atomic mass is 35.5. The molecule has 3 heterocycles. The molecule has 2 N–H and O–H groups in total. The minimum absolute atomic E-state index is 0.198. The topological polar surface area (TPSA) is 87.5 Å². The average Bonchev–Trinajstić information content (AvgIpc) is 3.26. The Balaban J connectivity index is 1.21. The number of nitrogens with one attached hydrogen (secondary N) is 2. The van der Waals surface area contributed by atoms with Crippen molar-refractivity contribution in [2.45, 2.75) is 12.6 Å². The molecule has 1 fully saturated rings. The molecular formula is C29H31ClF3N7O2. The van der Waals surface area contributed by atoms with Crippen molar-refractivity contribution in [1.82, 2.24) is 29.7 Å². The molecule has 5 rings (SSSR count). The van der Waals surface area contributed by atoms with Gasteiger partial charge in [-0.05, 0) is 56.4 Å². The molecule has 9 nitrogen and oxygen atoms in total. The van der Waals surface area contributed by atoms with Crippen molar-refractivity contribution in [2.75, 3.05) is 51.6 Å². The Kier molecular flexibility index (Phi) is 8.85. The third-order valence-electron chi connectivity index (χ3n) is 7.11. The molecule has 0 bridgehead atoms. The van der Waals surface area contributed by atoms with E-state index < -0.39 is 11.7 Å². The van der Waals surface area contributed by atoms with Crippen LogP contribution in [0.1, 0.15) is 22.5 Å². The van der Waals surface area contributed by atoms with E-state index in [2.05, 4.69) is 37.4 Å². The zero-order valence-corrected chi connectivity index (χ0v) is 24.0. The van der Waals surface area contributed by atoms with Crippen LogP contribution in [0.25, 0.3) is 11.0 Å². The molecule has 1 aliphatic heterocycles. The average molecular weight is 602 g/mol. The Bertz CT molecular complexity index is 1570. The molecule has 0 aliphatic carbocycles. The van der Waals surface area contributed by atoms with Crippen LogP contribution in [0, 0.1) is 0 Å². The summed E-state index contributed by atoms with van der Waals surface area (Å²) in [5.41, 5.74) is 0.818. The first-order valence-corrected chi connectivity index (χ1v) is 13.9. The van der Waals surface area contributed by atoms with Gasteiger partial charge in [-0.25, -0.2) is 4.98 Å². The number of rotatable bonds is 9. The van der Waals surface area contributed by atoms with Crippen molar-refractivity contribution in [3.63, 3.8) is 0 Å². The Labute approximate surface area is 246 Å². The normalized spacial score (nSPS) is 14.7. The van der Waals surface area contributed by atoms with Crippen molar-refractivity contribution in [1.29, 1.82) is 0 Å². The third kappa shape index (κ3) is 7.12. The number of hydrogen-bond donors (Lipinski definition) is 2. The molecule has 0 saturated carbocycles. The summed E-state index contributed by atoms with van der Waals surface area (Å²) in [7, 11) is 3.87. The zero-order valence-electron chi connectivity index (χ0n) is 23.2. The largest absolute Gasteiger partial charge is 0.457 e. The van der Waals surface area contributed by atoms with Crippen LogP contribution in [0.15, 0.2) is 54.7 Å². The third-order valence-corrected chi connectivity index (χ3v) is 7.44. The predicted molar refractivity (Wildman–Crippen MR) is 156 cm³/mol. The van der Waals surface area contributed by atoms with E-state index in [1.807, 2.05) is 0 Å². The number of nitrogens with zero attached hydrogens (tertiary/aromatic N) is 5. The molecule has 13 heteroatoms. The van der Waals surface area contributed by atoms with Crippen LogP contribution in [0.5, 0.6) is 11.5 Å². The molecule has 0 atom stereocenters. The lowest BCUT2D eigenvalue weighted by atomic mass is 10.2. The lowest BCUT2D eigenvalue weighted by molar-refractivity contribution is -0.137. The van der Waals surface area contributed by atoms with Crippen LogP contribution in [-0.4, -0.2) is 76.6 Å². The van der Waals surface area contributed by atoms with Gasteiger partial charge in [-0.15, -0.1) is 0 Å². The SMILES string of the molecule is CN1CCN(CCCNC(=O)c2cc(Oc3ccc4c(c3)nc(Nc3ccc(Cl)c(C(F)(F)F)c3)n4C)ccn2)CC1. The fourth-order valence-corrected chi connectivity index (χ4v) is 4.93. The van der Waals surface area contributed by atoms with Crippen LogP contribution in [-0.2, 0) is 13.2 Å². The van der Waals surface area contributed by atoms with Crippen molar-refractivity contribution in [3.05, 3.63) is 71.0 Å². The molecule has 222 valence electrons. The molecule has 1 aliphatic rings. The van der Waals surface area contributed by atoms with Crippen LogP contribution in [0.2, 0.25) is 5.02 Å². The zero-order chi connectivity index (χ0) is 29.9. The first kappa shape index (κ1) is 29.6. The molecule has 2 aromatic heterocycles. The van der Waals surface area contributed by atoms with E-state index >= 15 is 0 Å². The minimum Gasteiger partial charge on any atom is -0.457 e. The van der Waals surface area contributed by atoms with Gasteiger partial charge in [0.1, 0.15) is 17.2 Å². The summed E-state index contributed by atoms with van der Waals surface area (Å²) in [4.78, 5) is 26.1. The highest BCUT2D eigenvalue weighted by Gasteiger charge is 2.33.